The molecule has 0 fully saturated rings. The highest BCUT2D eigenvalue weighted by Crippen LogP contribution is 2.23. The first-order valence-electron chi connectivity index (χ1n) is 3.91. The van der Waals surface area contributed by atoms with E-state index in [9.17, 15) is 13.2 Å². The van der Waals surface area contributed by atoms with Crippen LogP contribution in [0.4, 0.5) is 0 Å². The number of sulfone groups is 1. The summed E-state index contributed by atoms with van der Waals surface area (Å²) >= 11 is 0. The molecule has 0 radical (unpaired) electrons. The van der Waals surface area contributed by atoms with Gasteiger partial charge in [-0.25, -0.2) is 13.2 Å². The maximum Gasteiger partial charge on any atom is 0.375 e. The SMILES string of the molecule is O=C(O)c1onc2c1CCS(=O)(=O)C2. The van der Waals surface area contributed by atoms with Gasteiger partial charge in [-0.2, -0.15) is 0 Å². The monoisotopic (exact) mass is 217 g/mol. The number of hydrogen-bond acceptors (Lipinski definition) is 5. The fraction of sp³-hybridized carbons (Fsp3) is 0.429. The van der Waals surface area contributed by atoms with E-state index in [4.69, 9.17) is 5.11 Å². The minimum atomic E-state index is -3.12. The molecule has 0 saturated heterocycles. The van der Waals surface area contributed by atoms with Crippen molar-refractivity contribution in [2.75, 3.05) is 5.75 Å². The van der Waals surface area contributed by atoms with E-state index in [0.717, 1.165) is 0 Å². The van der Waals surface area contributed by atoms with E-state index >= 15 is 0 Å². The first kappa shape index (κ1) is 9.20. The summed E-state index contributed by atoms with van der Waals surface area (Å²) in [6, 6.07) is 0. The quantitative estimate of drug-likeness (QED) is 0.702. The van der Waals surface area contributed by atoms with Crippen LogP contribution in [0.1, 0.15) is 21.8 Å². The van der Waals surface area contributed by atoms with E-state index in [1.807, 2.05) is 0 Å². The average molecular weight is 217 g/mol. The van der Waals surface area contributed by atoms with Crippen molar-refractivity contribution in [2.24, 2.45) is 0 Å². The van der Waals surface area contributed by atoms with Crippen molar-refractivity contribution in [3.63, 3.8) is 0 Å². The Morgan fingerprint density at radius 1 is 1.50 bits per heavy atom. The van der Waals surface area contributed by atoms with E-state index in [1.165, 1.54) is 0 Å². The van der Waals surface area contributed by atoms with E-state index in [2.05, 4.69) is 9.68 Å². The number of carbonyl (C=O) groups is 1. The number of nitrogens with zero attached hydrogens (tertiary/aromatic N) is 1. The zero-order chi connectivity index (χ0) is 10.3. The normalized spacial score (nSPS) is 18.9. The number of carboxylic acid groups (broad SMARTS) is 1. The molecule has 2 rings (SSSR count). The predicted molar refractivity (Wildman–Crippen MR) is 44.7 cm³/mol. The lowest BCUT2D eigenvalue weighted by Gasteiger charge is -2.09. The predicted octanol–water partition coefficient (Wildman–Crippen LogP) is -0.156. The second-order valence-corrected chi connectivity index (χ2v) is 5.27. The zero-order valence-corrected chi connectivity index (χ0v) is 7.87. The summed E-state index contributed by atoms with van der Waals surface area (Å²) in [4.78, 5) is 10.6. The van der Waals surface area contributed by atoms with Gasteiger partial charge in [-0.15, -0.1) is 0 Å². The molecule has 0 spiro atoms. The number of aromatic carboxylic acids is 1. The van der Waals surface area contributed by atoms with Crippen molar-refractivity contribution < 1.29 is 22.8 Å². The average Bonchev–Trinajstić information content (AvgIpc) is 2.44. The van der Waals surface area contributed by atoms with Crippen LogP contribution in [0, 0.1) is 0 Å². The molecular weight excluding hydrogens is 210 g/mol. The smallest absolute Gasteiger partial charge is 0.375 e. The number of fused-ring (bicyclic) bond motifs is 1. The summed E-state index contributed by atoms with van der Waals surface area (Å²) in [5.74, 6) is -1.71. The first-order valence-corrected chi connectivity index (χ1v) is 5.73. The van der Waals surface area contributed by atoms with Gasteiger partial charge in [-0.3, -0.25) is 0 Å². The summed E-state index contributed by atoms with van der Waals surface area (Å²) < 4.78 is 26.9. The molecule has 1 aromatic heterocycles. The van der Waals surface area contributed by atoms with E-state index < -0.39 is 15.8 Å². The number of aromatic nitrogens is 1. The number of carboxylic acids is 1. The van der Waals surface area contributed by atoms with Gasteiger partial charge in [0.2, 0.25) is 5.76 Å². The largest absolute Gasteiger partial charge is 0.475 e. The molecule has 6 nitrogen and oxygen atoms in total. The highest BCUT2D eigenvalue weighted by atomic mass is 32.2. The molecule has 0 amide bonds. The highest BCUT2D eigenvalue weighted by molar-refractivity contribution is 7.90. The zero-order valence-electron chi connectivity index (χ0n) is 7.06. The lowest BCUT2D eigenvalue weighted by atomic mass is 10.1. The Labute approximate surface area is 79.4 Å². The molecular formula is C7H7NO5S. The summed E-state index contributed by atoms with van der Waals surface area (Å²) in [5.41, 5.74) is 0.640. The summed E-state index contributed by atoms with van der Waals surface area (Å²) in [5, 5.41) is 12.1. The molecule has 0 aromatic carbocycles. The Morgan fingerprint density at radius 3 is 2.86 bits per heavy atom. The Bertz CT molecular complexity index is 486. The third kappa shape index (κ3) is 1.39. The van der Waals surface area contributed by atoms with Gasteiger partial charge in [-0.1, -0.05) is 5.16 Å². The van der Waals surface area contributed by atoms with E-state index in [1.54, 1.807) is 0 Å². The Balaban J connectivity index is 2.49. The Kier molecular flexibility index (Phi) is 1.84. The second-order valence-electron chi connectivity index (χ2n) is 3.08. The maximum atomic E-state index is 11.2. The molecule has 1 aromatic rings. The van der Waals surface area contributed by atoms with Gasteiger partial charge in [0.15, 0.2) is 9.84 Å². The second kappa shape index (κ2) is 2.81. The summed E-state index contributed by atoms with van der Waals surface area (Å²) in [6.45, 7) is 0. The van der Waals surface area contributed by atoms with Crippen LogP contribution in [0.15, 0.2) is 4.52 Å². The van der Waals surface area contributed by atoms with Gasteiger partial charge >= 0.3 is 5.97 Å². The fourth-order valence-electron chi connectivity index (χ4n) is 1.42. The highest BCUT2D eigenvalue weighted by Gasteiger charge is 2.30. The number of hydrogen-bond donors (Lipinski definition) is 1. The van der Waals surface area contributed by atoms with Crippen LogP contribution in [-0.2, 0) is 22.0 Å². The van der Waals surface area contributed by atoms with Crippen molar-refractivity contribution in [3.8, 4) is 0 Å². The minimum Gasteiger partial charge on any atom is -0.475 e. The lowest BCUT2D eigenvalue weighted by Crippen LogP contribution is -2.19. The number of rotatable bonds is 1. The van der Waals surface area contributed by atoms with Crippen molar-refractivity contribution in [2.45, 2.75) is 12.2 Å². The molecule has 76 valence electrons. The van der Waals surface area contributed by atoms with E-state index in [-0.39, 0.29) is 29.4 Å². The van der Waals surface area contributed by atoms with Crippen LogP contribution in [0.3, 0.4) is 0 Å². The molecule has 0 bridgehead atoms. The van der Waals surface area contributed by atoms with Crippen LogP contribution in [0.25, 0.3) is 0 Å². The van der Waals surface area contributed by atoms with Crippen LogP contribution in [0.2, 0.25) is 0 Å². The molecule has 7 heteroatoms. The van der Waals surface area contributed by atoms with Crippen LogP contribution < -0.4 is 0 Å². The Hall–Kier alpha value is -1.37. The molecule has 0 saturated carbocycles. The van der Waals surface area contributed by atoms with E-state index in [0.29, 0.717) is 5.56 Å². The molecule has 1 aliphatic rings. The van der Waals surface area contributed by atoms with Gasteiger partial charge in [0.05, 0.1) is 11.5 Å². The molecule has 14 heavy (non-hydrogen) atoms. The molecule has 1 N–H and O–H groups in total. The van der Waals surface area contributed by atoms with Gasteiger partial charge in [-0.05, 0) is 6.42 Å². The lowest BCUT2D eigenvalue weighted by molar-refractivity contribution is 0.0650. The summed E-state index contributed by atoms with van der Waals surface area (Å²) in [6.07, 6.45) is 0.169. The van der Waals surface area contributed by atoms with Crippen molar-refractivity contribution in [3.05, 3.63) is 17.0 Å². The van der Waals surface area contributed by atoms with Crippen molar-refractivity contribution in [1.82, 2.24) is 5.16 Å². The summed E-state index contributed by atoms with van der Waals surface area (Å²) in [7, 11) is -3.12. The Morgan fingerprint density at radius 2 is 2.21 bits per heavy atom. The van der Waals surface area contributed by atoms with Crippen LogP contribution in [0.5, 0.6) is 0 Å². The van der Waals surface area contributed by atoms with Gasteiger partial charge in [0.25, 0.3) is 0 Å². The van der Waals surface area contributed by atoms with Crippen molar-refractivity contribution >= 4 is 15.8 Å². The van der Waals surface area contributed by atoms with Gasteiger partial charge in [0.1, 0.15) is 5.69 Å². The van der Waals surface area contributed by atoms with Gasteiger partial charge < -0.3 is 9.63 Å². The maximum absolute atomic E-state index is 11.2. The topological polar surface area (TPSA) is 97.5 Å². The molecule has 1 aliphatic heterocycles. The fourth-order valence-corrected chi connectivity index (χ4v) is 2.72. The van der Waals surface area contributed by atoms with Crippen LogP contribution >= 0.6 is 0 Å². The minimum absolute atomic E-state index is 0.0402. The third-order valence-electron chi connectivity index (χ3n) is 2.08. The molecule has 2 heterocycles. The van der Waals surface area contributed by atoms with Crippen molar-refractivity contribution in [1.29, 1.82) is 0 Å². The third-order valence-corrected chi connectivity index (χ3v) is 3.62. The molecule has 0 aliphatic carbocycles. The standard InChI is InChI=1S/C7H7NO5S/c9-7(10)6-4-1-2-14(11,12)3-5(4)8-13-6/h1-3H2,(H,9,10). The molecule has 0 atom stereocenters. The van der Waals surface area contributed by atoms with Crippen LogP contribution in [-0.4, -0.2) is 30.4 Å². The molecule has 0 unspecified atom stereocenters. The first-order chi connectivity index (χ1) is 6.49. The van der Waals surface area contributed by atoms with Gasteiger partial charge in [0, 0.05) is 5.56 Å².